The number of nitrogens with one attached hydrogen (secondary N) is 1. The molecule has 136 valence electrons. The zero-order valence-electron chi connectivity index (χ0n) is 14.8. The molecule has 1 aromatic rings. The largest absolute Gasteiger partial charge is 0.353 e. The first-order valence-electron chi connectivity index (χ1n) is 9.62. The van der Waals surface area contributed by atoms with Gasteiger partial charge in [-0.3, -0.25) is 9.69 Å². The molecule has 25 heavy (non-hydrogen) atoms. The number of carbonyl (C=O) groups is 1. The highest BCUT2D eigenvalue weighted by atomic mass is 32.2. The molecule has 3 aliphatic rings. The number of amides is 1. The van der Waals surface area contributed by atoms with Gasteiger partial charge in [-0.15, -0.1) is 11.8 Å². The van der Waals surface area contributed by atoms with E-state index in [1.165, 1.54) is 67.2 Å². The quantitative estimate of drug-likeness (QED) is 0.871. The zero-order valence-corrected chi connectivity index (χ0v) is 16.5. The maximum atomic E-state index is 12.8. The van der Waals surface area contributed by atoms with Crippen molar-refractivity contribution in [3.63, 3.8) is 0 Å². The number of hydrogen-bond donors (Lipinski definition) is 1. The lowest BCUT2D eigenvalue weighted by Gasteiger charge is -2.48. The van der Waals surface area contributed by atoms with Gasteiger partial charge in [0, 0.05) is 41.6 Å². The van der Waals surface area contributed by atoms with Crippen LogP contribution in [0.5, 0.6) is 0 Å². The van der Waals surface area contributed by atoms with Gasteiger partial charge in [0.2, 0.25) is 5.91 Å². The van der Waals surface area contributed by atoms with Crippen LogP contribution >= 0.6 is 23.5 Å². The molecule has 0 bridgehead atoms. The number of nitrogens with zero attached hydrogens (tertiary/aromatic N) is 1. The Kier molecular flexibility index (Phi) is 5.63. The Morgan fingerprint density at radius 1 is 1.16 bits per heavy atom. The number of rotatable bonds is 4. The summed E-state index contributed by atoms with van der Waals surface area (Å²) in [4.78, 5) is 16.8. The first-order chi connectivity index (χ1) is 12.3. The SMILES string of the molecule is O=C(NCC1(N2CCSCC2)CCCCC1)C1Cc2ccccc2S1. The lowest BCUT2D eigenvalue weighted by atomic mass is 9.80. The average Bonchev–Trinajstić information content (AvgIpc) is 3.12. The van der Waals surface area contributed by atoms with Crippen molar-refractivity contribution in [3.8, 4) is 0 Å². The Hall–Kier alpha value is -0.650. The average molecular weight is 377 g/mol. The molecule has 1 saturated heterocycles. The molecular weight excluding hydrogens is 348 g/mol. The van der Waals surface area contributed by atoms with Crippen LogP contribution in [0.15, 0.2) is 29.2 Å². The van der Waals surface area contributed by atoms with Crippen molar-refractivity contribution < 1.29 is 4.79 Å². The highest BCUT2D eigenvalue weighted by Crippen LogP contribution is 2.38. The van der Waals surface area contributed by atoms with Crippen molar-refractivity contribution in [3.05, 3.63) is 29.8 Å². The Balaban J connectivity index is 1.39. The Morgan fingerprint density at radius 3 is 2.68 bits per heavy atom. The van der Waals surface area contributed by atoms with E-state index in [0.29, 0.717) is 0 Å². The van der Waals surface area contributed by atoms with Crippen LogP contribution in [0.25, 0.3) is 0 Å². The summed E-state index contributed by atoms with van der Waals surface area (Å²) in [6.07, 6.45) is 7.34. The molecule has 2 heterocycles. The van der Waals surface area contributed by atoms with E-state index in [-0.39, 0.29) is 16.7 Å². The summed E-state index contributed by atoms with van der Waals surface area (Å²) in [5.41, 5.74) is 1.54. The summed E-state index contributed by atoms with van der Waals surface area (Å²) < 4.78 is 0. The van der Waals surface area contributed by atoms with Gasteiger partial charge in [0.25, 0.3) is 0 Å². The summed E-state index contributed by atoms with van der Waals surface area (Å²) in [7, 11) is 0. The van der Waals surface area contributed by atoms with Gasteiger partial charge in [-0.05, 0) is 30.9 Å². The van der Waals surface area contributed by atoms with Crippen molar-refractivity contribution in [2.75, 3.05) is 31.1 Å². The van der Waals surface area contributed by atoms with E-state index in [0.717, 1.165) is 13.0 Å². The van der Waals surface area contributed by atoms with Crippen molar-refractivity contribution in [2.45, 2.75) is 54.2 Å². The molecule has 1 saturated carbocycles. The third kappa shape index (κ3) is 3.88. The van der Waals surface area contributed by atoms with Crippen LogP contribution in [0, 0.1) is 0 Å². The van der Waals surface area contributed by atoms with Gasteiger partial charge in [-0.1, -0.05) is 37.5 Å². The van der Waals surface area contributed by atoms with Gasteiger partial charge in [0.15, 0.2) is 0 Å². The second kappa shape index (κ2) is 7.93. The summed E-state index contributed by atoms with van der Waals surface area (Å²) in [6, 6.07) is 8.44. The number of fused-ring (bicyclic) bond motifs is 1. The molecule has 0 aromatic heterocycles. The molecule has 1 atom stereocenters. The second-order valence-electron chi connectivity index (χ2n) is 7.52. The standard InChI is InChI=1S/C20H28N2OS2/c23-19(18-14-16-6-2-3-7-17(16)25-18)21-15-20(8-4-1-5-9-20)22-10-12-24-13-11-22/h2-3,6-7,18H,1,4-5,8-15H2,(H,21,23). The number of thioether (sulfide) groups is 2. The summed E-state index contributed by atoms with van der Waals surface area (Å²) >= 11 is 3.80. The summed E-state index contributed by atoms with van der Waals surface area (Å²) in [5.74, 6) is 2.71. The van der Waals surface area contributed by atoms with Crippen molar-refractivity contribution >= 4 is 29.4 Å². The topological polar surface area (TPSA) is 32.3 Å². The first-order valence-corrected chi connectivity index (χ1v) is 11.7. The highest BCUT2D eigenvalue weighted by molar-refractivity contribution is 8.01. The molecular formula is C20H28N2OS2. The van der Waals surface area contributed by atoms with Gasteiger partial charge in [0.05, 0.1) is 5.25 Å². The highest BCUT2D eigenvalue weighted by Gasteiger charge is 2.39. The van der Waals surface area contributed by atoms with E-state index in [9.17, 15) is 4.79 Å². The molecule has 1 unspecified atom stereocenters. The number of carbonyl (C=O) groups excluding carboxylic acids is 1. The Labute approximate surface area is 159 Å². The molecule has 1 amide bonds. The number of hydrogen-bond acceptors (Lipinski definition) is 4. The van der Waals surface area contributed by atoms with Crippen LogP contribution in [0.1, 0.15) is 37.7 Å². The maximum Gasteiger partial charge on any atom is 0.233 e. The predicted molar refractivity (Wildman–Crippen MR) is 108 cm³/mol. The van der Waals surface area contributed by atoms with Crippen molar-refractivity contribution in [1.29, 1.82) is 0 Å². The molecule has 2 aliphatic heterocycles. The van der Waals surface area contributed by atoms with Crippen LogP contribution in [-0.2, 0) is 11.2 Å². The third-order valence-corrected chi connectivity index (χ3v) is 8.26. The summed E-state index contributed by atoms with van der Waals surface area (Å²) in [5, 5.41) is 3.41. The van der Waals surface area contributed by atoms with Gasteiger partial charge < -0.3 is 5.32 Å². The van der Waals surface area contributed by atoms with Crippen LogP contribution < -0.4 is 5.32 Å². The smallest absolute Gasteiger partial charge is 0.233 e. The molecule has 4 rings (SSSR count). The lowest BCUT2D eigenvalue weighted by molar-refractivity contribution is -0.121. The molecule has 3 nitrogen and oxygen atoms in total. The normalized spacial score (nSPS) is 26.2. The monoisotopic (exact) mass is 376 g/mol. The fourth-order valence-corrected chi connectivity index (χ4v) is 6.67. The van der Waals surface area contributed by atoms with E-state index < -0.39 is 0 Å². The van der Waals surface area contributed by atoms with Crippen molar-refractivity contribution in [2.24, 2.45) is 0 Å². The van der Waals surface area contributed by atoms with E-state index >= 15 is 0 Å². The third-order valence-electron chi connectivity index (χ3n) is 6.00. The molecule has 0 radical (unpaired) electrons. The van der Waals surface area contributed by atoms with E-state index in [1.807, 2.05) is 0 Å². The molecule has 1 aromatic carbocycles. The minimum Gasteiger partial charge on any atom is -0.353 e. The Bertz CT molecular complexity index is 584. The minimum atomic E-state index is 0.0509. The van der Waals surface area contributed by atoms with Crippen molar-refractivity contribution in [1.82, 2.24) is 10.2 Å². The molecule has 0 spiro atoms. The van der Waals surface area contributed by atoms with E-state index in [1.54, 1.807) is 11.8 Å². The van der Waals surface area contributed by atoms with Gasteiger partial charge in [-0.25, -0.2) is 0 Å². The predicted octanol–water partition coefficient (Wildman–Crippen LogP) is 3.57. The zero-order chi connectivity index (χ0) is 17.1. The van der Waals surface area contributed by atoms with Crippen LogP contribution in [0.2, 0.25) is 0 Å². The first kappa shape index (κ1) is 17.7. The minimum absolute atomic E-state index is 0.0509. The fourth-order valence-electron chi connectivity index (χ4n) is 4.55. The molecule has 1 N–H and O–H groups in total. The van der Waals surface area contributed by atoms with E-state index in [4.69, 9.17) is 0 Å². The molecule has 1 aliphatic carbocycles. The van der Waals surface area contributed by atoms with Crippen LogP contribution in [0.4, 0.5) is 0 Å². The lowest BCUT2D eigenvalue weighted by Crippen LogP contribution is -2.59. The maximum absolute atomic E-state index is 12.8. The second-order valence-corrected chi connectivity index (χ2v) is 9.99. The van der Waals surface area contributed by atoms with Crippen LogP contribution in [-0.4, -0.2) is 52.7 Å². The fraction of sp³-hybridized carbons (Fsp3) is 0.650. The van der Waals surface area contributed by atoms with Gasteiger partial charge in [-0.2, -0.15) is 11.8 Å². The Morgan fingerprint density at radius 2 is 1.92 bits per heavy atom. The van der Waals surface area contributed by atoms with E-state index in [2.05, 4.69) is 46.2 Å². The summed E-state index contributed by atoms with van der Waals surface area (Å²) in [6.45, 7) is 3.21. The molecule has 5 heteroatoms. The molecule has 2 fully saturated rings. The number of benzene rings is 1. The van der Waals surface area contributed by atoms with Gasteiger partial charge >= 0.3 is 0 Å². The van der Waals surface area contributed by atoms with Crippen LogP contribution in [0.3, 0.4) is 0 Å². The van der Waals surface area contributed by atoms with Gasteiger partial charge in [0.1, 0.15) is 0 Å².